The number of nitro benzene ring substituents is 1. The average molecular weight is 400 g/mol. The SMILES string of the molecule is CC(O)N(C(=O)CCCCCOc1cccc(C=O)c1[N+](=O)[O-])c1ccccc1. The van der Waals surface area contributed by atoms with Crippen LogP contribution in [0.5, 0.6) is 5.75 Å². The first kappa shape index (κ1) is 22.0. The monoisotopic (exact) mass is 400 g/mol. The molecular formula is C21H24N2O6. The van der Waals surface area contributed by atoms with E-state index in [1.807, 2.05) is 6.07 Å². The summed E-state index contributed by atoms with van der Waals surface area (Å²) in [6.07, 6.45) is 1.62. The van der Waals surface area contributed by atoms with Gasteiger partial charge in [0.05, 0.1) is 17.1 Å². The van der Waals surface area contributed by atoms with Gasteiger partial charge in [0.1, 0.15) is 6.23 Å². The summed E-state index contributed by atoms with van der Waals surface area (Å²) in [5.74, 6) is -0.124. The molecule has 0 aromatic heterocycles. The van der Waals surface area contributed by atoms with Gasteiger partial charge in [0.2, 0.25) is 5.91 Å². The highest BCUT2D eigenvalue weighted by molar-refractivity contribution is 5.93. The fraction of sp³-hybridized carbons (Fsp3) is 0.333. The highest BCUT2D eigenvalue weighted by Crippen LogP contribution is 2.30. The van der Waals surface area contributed by atoms with Crippen LogP contribution in [-0.4, -0.2) is 35.1 Å². The Balaban J connectivity index is 1.81. The number of ether oxygens (including phenoxy) is 1. The second-order valence-corrected chi connectivity index (χ2v) is 6.46. The quantitative estimate of drug-likeness (QED) is 0.202. The molecule has 0 bridgehead atoms. The lowest BCUT2D eigenvalue weighted by Gasteiger charge is -2.25. The van der Waals surface area contributed by atoms with E-state index in [9.17, 15) is 24.8 Å². The average Bonchev–Trinajstić information content (AvgIpc) is 2.70. The zero-order valence-electron chi connectivity index (χ0n) is 16.2. The summed E-state index contributed by atoms with van der Waals surface area (Å²) in [6, 6.07) is 13.3. The first-order chi connectivity index (χ1) is 14.0. The van der Waals surface area contributed by atoms with Crippen molar-refractivity contribution in [2.45, 2.75) is 38.8 Å². The molecule has 0 aliphatic heterocycles. The third kappa shape index (κ3) is 6.11. The fourth-order valence-corrected chi connectivity index (χ4v) is 2.96. The van der Waals surface area contributed by atoms with Crippen molar-refractivity contribution in [3.8, 4) is 5.75 Å². The van der Waals surface area contributed by atoms with Crippen molar-refractivity contribution in [3.05, 3.63) is 64.2 Å². The molecule has 2 aromatic carbocycles. The van der Waals surface area contributed by atoms with Crippen molar-refractivity contribution in [1.29, 1.82) is 0 Å². The number of aliphatic hydroxyl groups is 1. The van der Waals surface area contributed by atoms with E-state index in [0.717, 1.165) is 0 Å². The van der Waals surface area contributed by atoms with E-state index in [-0.39, 0.29) is 35.9 Å². The number of nitrogens with zero attached hydrogens (tertiary/aromatic N) is 2. The third-order valence-corrected chi connectivity index (χ3v) is 4.31. The second kappa shape index (κ2) is 10.9. The van der Waals surface area contributed by atoms with Crippen LogP contribution < -0.4 is 9.64 Å². The molecule has 29 heavy (non-hydrogen) atoms. The number of rotatable bonds is 11. The lowest BCUT2D eigenvalue weighted by molar-refractivity contribution is -0.386. The number of unbranched alkanes of at least 4 members (excludes halogenated alkanes) is 2. The van der Waals surface area contributed by atoms with E-state index < -0.39 is 11.2 Å². The van der Waals surface area contributed by atoms with Gasteiger partial charge in [-0.05, 0) is 50.5 Å². The molecule has 0 radical (unpaired) electrons. The van der Waals surface area contributed by atoms with Gasteiger partial charge in [0, 0.05) is 12.1 Å². The molecule has 8 heteroatoms. The van der Waals surface area contributed by atoms with Crippen LogP contribution in [0.2, 0.25) is 0 Å². The largest absolute Gasteiger partial charge is 0.487 e. The molecule has 0 spiro atoms. The highest BCUT2D eigenvalue weighted by Gasteiger charge is 2.21. The number of nitro groups is 1. The first-order valence-electron chi connectivity index (χ1n) is 9.36. The van der Waals surface area contributed by atoms with E-state index in [4.69, 9.17) is 4.74 Å². The minimum absolute atomic E-state index is 0.0303. The first-order valence-corrected chi connectivity index (χ1v) is 9.36. The molecule has 2 rings (SSSR count). The van der Waals surface area contributed by atoms with Gasteiger partial charge in [-0.25, -0.2) is 0 Å². The van der Waals surface area contributed by atoms with Crippen LogP contribution in [-0.2, 0) is 4.79 Å². The maximum absolute atomic E-state index is 12.5. The zero-order chi connectivity index (χ0) is 21.2. The predicted octanol–water partition coefficient (Wildman–Crippen LogP) is 3.72. The summed E-state index contributed by atoms with van der Waals surface area (Å²) in [5, 5.41) is 21.1. The molecule has 1 N–H and O–H groups in total. The molecule has 0 fully saturated rings. The third-order valence-electron chi connectivity index (χ3n) is 4.31. The van der Waals surface area contributed by atoms with E-state index in [1.165, 1.54) is 23.1 Å². The van der Waals surface area contributed by atoms with Crippen LogP contribution in [0.25, 0.3) is 0 Å². The van der Waals surface area contributed by atoms with Gasteiger partial charge in [0.15, 0.2) is 12.0 Å². The lowest BCUT2D eigenvalue weighted by atomic mass is 10.1. The van der Waals surface area contributed by atoms with Crippen molar-refractivity contribution in [3.63, 3.8) is 0 Å². The van der Waals surface area contributed by atoms with Gasteiger partial charge < -0.3 is 9.84 Å². The Bertz CT molecular complexity index is 838. The highest BCUT2D eigenvalue weighted by atomic mass is 16.6. The van der Waals surface area contributed by atoms with Crippen molar-refractivity contribution in [2.24, 2.45) is 0 Å². The Hall–Kier alpha value is -3.26. The normalized spacial score (nSPS) is 11.5. The minimum Gasteiger partial charge on any atom is -0.487 e. The topological polar surface area (TPSA) is 110 Å². The number of hydrogen-bond acceptors (Lipinski definition) is 6. The number of anilines is 1. The van der Waals surface area contributed by atoms with Crippen LogP contribution in [0.1, 0.15) is 43.0 Å². The summed E-state index contributed by atoms with van der Waals surface area (Å²) in [4.78, 5) is 35.3. The van der Waals surface area contributed by atoms with Crippen molar-refractivity contribution < 1.29 is 24.4 Å². The Labute approximate surface area is 168 Å². The Morgan fingerprint density at radius 3 is 2.52 bits per heavy atom. The zero-order valence-corrected chi connectivity index (χ0v) is 16.2. The molecule has 8 nitrogen and oxygen atoms in total. The number of carbonyl (C=O) groups is 2. The molecule has 0 saturated heterocycles. The summed E-state index contributed by atoms with van der Waals surface area (Å²) in [6.45, 7) is 1.77. The number of amides is 1. The van der Waals surface area contributed by atoms with Crippen LogP contribution in [0, 0.1) is 10.1 Å². The van der Waals surface area contributed by atoms with Crippen molar-refractivity contribution in [2.75, 3.05) is 11.5 Å². The number of benzene rings is 2. The number of aliphatic hydroxyl groups excluding tert-OH is 1. The second-order valence-electron chi connectivity index (χ2n) is 6.46. The molecule has 0 heterocycles. The van der Waals surface area contributed by atoms with E-state index in [1.54, 1.807) is 31.2 Å². The maximum atomic E-state index is 12.5. The fourth-order valence-electron chi connectivity index (χ4n) is 2.96. The number of para-hydroxylation sites is 2. The van der Waals surface area contributed by atoms with E-state index >= 15 is 0 Å². The molecule has 154 valence electrons. The molecule has 0 aliphatic carbocycles. The lowest BCUT2D eigenvalue weighted by Crippen LogP contribution is -2.38. The summed E-state index contributed by atoms with van der Waals surface area (Å²) < 4.78 is 5.47. The van der Waals surface area contributed by atoms with Gasteiger partial charge in [-0.15, -0.1) is 0 Å². The molecule has 0 aliphatic rings. The van der Waals surface area contributed by atoms with Crippen LogP contribution in [0.15, 0.2) is 48.5 Å². The van der Waals surface area contributed by atoms with Crippen LogP contribution in [0.4, 0.5) is 11.4 Å². The Morgan fingerprint density at radius 2 is 1.90 bits per heavy atom. The summed E-state index contributed by atoms with van der Waals surface area (Å²) >= 11 is 0. The van der Waals surface area contributed by atoms with Gasteiger partial charge >= 0.3 is 5.69 Å². The maximum Gasteiger partial charge on any atom is 0.321 e. The predicted molar refractivity (Wildman–Crippen MR) is 108 cm³/mol. The minimum atomic E-state index is -0.932. The van der Waals surface area contributed by atoms with Crippen molar-refractivity contribution in [1.82, 2.24) is 0 Å². The van der Waals surface area contributed by atoms with E-state index in [2.05, 4.69) is 0 Å². The Morgan fingerprint density at radius 1 is 1.17 bits per heavy atom. The number of hydrogen-bond donors (Lipinski definition) is 1. The van der Waals surface area contributed by atoms with E-state index in [0.29, 0.717) is 31.2 Å². The summed E-state index contributed by atoms with van der Waals surface area (Å²) in [7, 11) is 0. The van der Waals surface area contributed by atoms with Gasteiger partial charge in [0.25, 0.3) is 0 Å². The Kier molecular flexibility index (Phi) is 8.29. The smallest absolute Gasteiger partial charge is 0.321 e. The number of carbonyl (C=O) groups excluding carboxylic acids is 2. The molecule has 1 atom stereocenters. The summed E-state index contributed by atoms with van der Waals surface area (Å²) in [5.41, 5.74) is 0.267. The van der Waals surface area contributed by atoms with Gasteiger partial charge in [-0.1, -0.05) is 24.3 Å². The molecular weight excluding hydrogens is 376 g/mol. The molecule has 0 saturated carbocycles. The molecule has 1 amide bonds. The standard InChI is InChI=1S/C21H24N2O6/c1-16(25)22(18-10-4-2-5-11-18)20(26)13-6-3-7-14-29-19-12-8-9-17(15-24)21(19)23(27)28/h2,4-5,8-12,15-16,25H,3,6-7,13-14H2,1H3. The number of aldehydes is 1. The van der Waals surface area contributed by atoms with Crippen LogP contribution in [0.3, 0.4) is 0 Å². The van der Waals surface area contributed by atoms with Crippen molar-refractivity contribution >= 4 is 23.6 Å². The van der Waals surface area contributed by atoms with Gasteiger partial charge in [-0.3, -0.25) is 24.6 Å². The molecule has 2 aromatic rings. The van der Waals surface area contributed by atoms with Crippen LogP contribution >= 0.6 is 0 Å². The van der Waals surface area contributed by atoms with Gasteiger partial charge in [-0.2, -0.15) is 0 Å². The molecule has 1 unspecified atom stereocenters.